The number of aromatic nitrogens is 4. The molecule has 0 fully saturated rings. The molecule has 1 aromatic carbocycles. The number of carbonyl (C=O) groups excluding carboxylic acids is 1. The van der Waals surface area contributed by atoms with Crippen molar-refractivity contribution in [2.24, 2.45) is 7.05 Å². The van der Waals surface area contributed by atoms with Gasteiger partial charge in [0.2, 0.25) is 0 Å². The number of amides is 1. The van der Waals surface area contributed by atoms with E-state index in [9.17, 15) is 18.0 Å². The standard InChI is InChI=1S/C18H15BrF3N5O/c1-25-10-12(19)16(24-25)17(28)26-13(11-5-3-2-4-6-11)9-14(18(20,21)22)27-15(26)7-8-23-27/h2-8,10,13-14H,9H2,1H3. The van der Waals surface area contributed by atoms with Crippen LogP contribution in [0.2, 0.25) is 0 Å². The summed E-state index contributed by atoms with van der Waals surface area (Å²) in [6, 6.07) is 7.49. The van der Waals surface area contributed by atoms with Gasteiger partial charge in [-0.15, -0.1) is 0 Å². The molecular weight excluding hydrogens is 439 g/mol. The highest BCUT2D eigenvalue weighted by atomic mass is 79.9. The van der Waals surface area contributed by atoms with Gasteiger partial charge in [-0.25, -0.2) is 4.68 Å². The van der Waals surface area contributed by atoms with Crippen LogP contribution in [0.1, 0.15) is 34.6 Å². The topological polar surface area (TPSA) is 56.0 Å². The highest BCUT2D eigenvalue weighted by Gasteiger charge is 2.50. The van der Waals surface area contributed by atoms with E-state index in [1.165, 1.54) is 21.8 Å². The van der Waals surface area contributed by atoms with E-state index >= 15 is 0 Å². The van der Waals surface area contributed by atoms with Crippen molar-refractivity contribution in [3.8, 4) is 0 Å². The lowest BCUT2D eigenvalue weighted by atomic mass is 9.94. The van der Waals surface area contributed by atoms with Gasteiger partial charge in [0.1, 0.15) is 5.82 Å². The molecule has 0 saturated carbocycles. The predicted octanol–water partition coefficient (Wildman–Crippen LogP) is 4.27. The Morgan fingerprint density at radius 3 is 2.54 bits per heavy atom. The summed E-state index contributed by atoms with van der Waals surface area (Å²) in [7, 11) is 1.66. The van der Waals surface area contributed by atoms with Crippen molar-refractivity contribution in [2.45, 2.75) is 24.7 Å². The summed E-state index contributed by atoms with van der Waals surface area (Å²) in [5, 5.41) is 8.02. The SMILES string of the molecule is Cn1cc(Br)c(C(=O)N2c3ccnn3C(C(F)(F)F)CC2c2ccccc2)n1. The average Bonchev–Trinajstić information content (AvgIpc) is 3.25. The predicted molar refractivity (Wildman–Crippen MR) is 98.8 cm³/mol. The van der Waals surface area contributed by atoms with Crippen LogP contribution in [0.15, 0.2) is 53.3 Å². The van der Waals surface area contributed by atoms with Crippen molar-refractivity contribution in [3.63, 3.8) is 0 Å². The first kappa shape index (κ1) is 18.7. The normalized spacial score (nSPS) is 19.5. The van der Waals surface area contributed by atoms with Crippen LogP contribution in [0.3, 0.4) is 0 Å². The third-order valence-corrected chi connectivity index (χ3v) is 5.30. The minimum absolute atomic E-state index is 0.0879. The van der Waals surface area contributed by atoms with Gasteiger partial charge in [-0.1, -0.05) is 30.3 Å². The zero-order valence-electron chi connectivity index (χ0n) is 14.6. The van der Waals surface area contributed by atoms with E-state index in [0.29, 0.717) is 10.0 Å². The average molecular weight is 454 g/mol. The van der Waals surface area contributed by atoms with E-state index in [1.807, 2.05) is 0 Å². The molecule has 6 nitrogen and oxygen atoms in total. The van der Waals surface area contributed by atoms with E-state index in [2.05, 4.69) is 26.1 Å². The third-order valence-electron chi connectivity index (χ3n) is 4.72. The molecule has 0 aliphatic carbocycles. The van der Waals surface area contributed by atoms with Gasteiger partial charge < -0.3 is 0 Å². The van der Waals surface area contributed by atoms with Crippen LogP contribution in [0, 0.1) is 0 Å². The summed E-state index contributed by atoms with van der Waals surface area (Å²) in [6.45, 7) is 0. The molecule has 0 saturated heterocycles. The third kappa shape index (κ3) is 3.11. The van der Waals surface area contributed by atoms with Crippen LogP contribution in [-0.4, -0.2) is 31.6 Å². The van der Waals surface area contributed by atoms with Gasteiger partial charge in [-0.05, 0) is 21.5 Å². The summed E-state index contributed by atoms with van der Waals surface area (Å²) in [5.74, 6) is -0.409. The second-order valence-corrected chi connectivity index (χ2v) is 7.38. The van der Waals surface area contributed by atoms with Crippen molar-refractivity contribution in [3.05, 3.63) is 64.5 Å². The van der Waals surface area contributed by atoms with Crippen LogP contribution in [-0.2, 0) is 7.05 Å². The van der Waals surface area contributed by atoms with E-state index in [4.69, 9.17) is 0 Å². The molecule has 1 aliphatic heterocycles. The Labute approximate surface area is 166 Å². The van der Waals surface area contributed by atoms with Crippen LogP contribution >= 0.6 is 15.9 Å². The second kappa shape index (κ2) is 6.77. The molecule has 0 bridgehead atoms. The van der Waals surface area contributed by atoms with Gasteiger partial charge in [-0.3, -0.25) is 14.4 Å². The molecular formula is C18H15BrF3N5O. The quantitative estimate of drug-likeness (QED) is 0.581. The largest absolute Gasteiger partial charge is 0.410 e. The monoisotopic (exact) mass is 453 g/mol. The maximum atomic E-state index is 13.7. The van der Waals surface area contributed by atoms with Crippen molar-refractivity contribution < 1.29 is 18.0 Å². The number of carbonyl (C=O) groups is 1. The minimum Gasteiger partial charge on any atom is -0.284 e. The fourth-order valence-corrected chi connectivity index (χ4v) is 4.06. The summed E-state index contributed by atoms with van der Waals surface area (Å²) >= 11 is 3.30. The second-order valence-electron chi connectivity index (χ2n) is 6.53. The number of aryl methyl sites for hydroxylation is 1. The molecule has 2 atom stereocenters. The Morgan fingerprint density at radius 1 is 1.21 bits per heavy atom. The number of rotatable bonds is 2. The van der Waals surface area contributed by atoms with Crippen LogP contribution in [0.4, 0.5) is 19.0 Å². The number of anilines is 1. The van der Waals surface area contributed by atoms with Gasteiger partial charge in [0, 0.05) is 25.7 Å². The van der Waals surface area contributed by atoms with Gasteiger partial charge in [0.05, 0.1) is 16.7 Å². The van der Waals surface area contributed by atoms with Crippen LogP contribution < -0.4 is 4.90 Å². The molecule has 0 spiro atoms. The summed E-state index contributed by atoms with van der Waals surface area (Å²) in [6.07, 6.45) is -1.94. The Morgan fingerprint density at radius 2 is 1.93 bits per heavy atom. The maximum Gasteiger partial charge on any atom is 0.410 e. The van der Waals surface area contributed by atoms with E-state index < -0.39 is 24.2 Å². The number of halogens is 4. The zero-order valence-corrected chi connectivity index (χ0v) is 16.2. The molecule has 3 heterocycles. The molecule has 2 unspecified atom stereocenters. The molecule has 28 heavy (non-hydrogen) atoms. The molecule has 2 aromatic heterocycles. The van der Waals surface area contributed by atoms with Gasteiger partial charge in [0.15, 0.2) is 11.7 Å². The first-order valence-corrected chi connectivity index (χ1v) is 9.24. The molecule has 1 amide bonds. The lowest BCUT2D eigenvalue weighted by molar-refractivity contribution is -0.174. The Bertz CT molecular complexity index is 1010. The van der Waals surface area contributed by atoms with Gasteiger partial charge in [-0.2, -0.15) is 23.4 Å². The molecule has 1 aliphatic rings. The smallest absolute Gasteiger partial charge is 0.284 e. The zero-order chi connectivity index (χ0) is 20.1. The summed E-state index contributed by atoms with van der Waals surface area (Å²) in [4.78, 5) is 14.7. The van der Waals surface area contributed by atoms with Gasteiger partial charge in [0.25, 0.3) is 5.91 Å². The van der Waals surface area contributed by atoms with Crippen molar-refractivity contribution >= 4 is 27.7 Å². The van der Waals surface area contributed by atoms with E-state index in [1.54, 1.807) is 43.6 Å². The number of alkyl halides is 3. The Hall–Kier alpha value is -2.62. The maximum absolute atomic E-state index is 13.7. The first-order valence-electron chi connectivity index (χ1n) is 8.45. The lowest BCUT2D eigenvalue weighted by Crippen LogP contribution is -2.45. The molecule has 4 rings (SSSR count). The highest BCUT2D eigenvalue weighted by molar-refractivity contribution is 9.10. The number of fused-ring (bicyclic) bond motifs is 1. The fraction of sp³-hybridized carbons (Fsp3) is 0.278. The van der Waals surface area contributed by atoms with Crippen molar-refractivity contribution in [1.82, 2.24) is 19.6 Å². The number of benzene rings is 1. The van der Waals surface area contributed by atoms with E-state index in [-0.39, 0.29) is 17.9 Å². The summed E-state index contributed by atoms with van der Waals surface area (Å²) < 4.78 is 44.0. The number of hydrogen-bond acceptors (Lipinski definition) is 3. The van der Waals surface area contributed by atoms with Crippen LogP contribution in [0.5, 0.6) is 0 Å². The molecule has 0 radical (unpaired) electrons. The molecule has 0 N–H and O–H groups in total. The number of hydrogen-bond donors (Lipinski definition) is 0. The van der Waals surface area contributed by atoms with E-state index in [0.717, 1.165) is 4.68 Å². The first-order chi connectivity index (χ1) is 13.3. The van der Waals surface area contributed by atoms with Crippen molar-refractivity contribution in [1.29, 1.82) is 0 Å². The fourth-order valence-electron chi connectivity index (χ4n) is 3.51. The summed E-state index contributed by atoms with van der Waals surface area (Å²) in [5.41, 5.74) is 0.742. The van der Waals surface area contributed by atoms with Gasteiger partial charge >= 0.3 is 6.18 Å². The molecule has 3 aromatic rings. The lowest BCUT2D eigenvalue weighted by Gasteiger charge is -2.40. The van der Waals surface area contributed by atoms with Crippen LogP contribution in [0.25, 0.3) is 0 Å². The molecule has 146 valence electrons. The van der Waals surface area contributed by atoms with Crippen molar-refractivity contribution in [2.75, 3.05) is 4.90 Å². The number of nitrogens with zero attached hydrogens (tertiary/aromatic N) is 5. The minimum atomic E-state index is -4.49. The Kier molecular flexibility index (Phi) is 4.53. The highest BCUT2D eigenvalue weighted by Crippen LogP contribution is 2.47. The molecule has 10 heteroatoms. The Balaban J connectivity index is 1.87.